The molecule has 28 heavy (non-hydrogen) atoms. The number of carbonyl (C=O) groups excluding carboxylic acids is 1. The second-order valence-corrected chi connectivity index (χ2v) is 6.03. The Morgan fingerprint density at radius 2 is 1.79 bits per heavy atom. The fourth-order valence-corrected chi connectivity index (χ4v) is 2.77. The number of esters is 1. The molecule has 0 unspecified atom stereocenters. The molecular formula is C21H16N2O5. The highest BCUT2D eigenvalue weighted by Gasteiger charge is 2.16. The molecule has 1 aromatic heterocycles. The lowest BCUT2D eigenvalue weighted by Gasteiger charge is -2.06. The molecule has 0 aliphatic heterocycles. The van der Waals surface area contributed by atoms with Gasteiger partial charge in [0.1, 0.15) is 17.1 Å². The summed E-state index contributed by atoms with van der Waals surface area (Å²) >= 11 is 0. The van der Waals surface area contributed by atoms with E-state index < -0.39 is 5.97 Å². The van der Waals surface area contributed by atoms with Crippen molar-refractivity contribution in [2.75, 3.05) is 7.11 Å². The average Bonchev–Trinajstić information content (AvgIpc) is 3.20. The molecule has 3 aromatic carbocycles. The molecule has 1 heterocycles. The van der Waals surface area contributed by atoms with E-state index in [0.29, 0.717) is 5.82 Å². The minimum atomic E-state index is -0.674. The topological polar surface area (TPSA) is 94.7 Å². The van der Waals surface area contributed by atoms with Crippen molar-refractivity contribution in [3.05, 3.63) is 72.1 Å². The van der Waals surface area contributed by atoms with Gasteiger partial charge >= 0.3 is 5.97 Å². The van der Waals surface area contributed by atoms with Crippen LogP contribution < -0.4 is 4.74 Å². The predicted octanol–water partition coefficient (Wildman–Crippen LogP) is 3.96. The minimum Gasteiger partial charge on any atom is -0.507 e. The van der Waals surface area contributed by atoms with Crippen LogP contribution in [0, 0.1) is 0 Å². The Morgan fingerprint density at radius 1 is 1.07 bits per heavy atom. The number of phenolic OH excluding ortho intramolecular Hbond substituents is 1. The van der Waals surface area contributed by atoms with Crippen LogP contribution in [0.15, 0.2) is 65.2 Å². The molecule has 0 radical (unpaired) electrons. The van der Waals surface area contributed by atoms with E-state index in [9.17, 15) is 9.90 Å². The standard InChI is InChI=1S/C21H16N2O5/c1-26-16-8-6-13(7-9-16)20-22-19(28-23-20)12-27-21(25)17-10-14-4-2-3-5-15(14)11-18(17)24/h2-11,24H,12H2,1H3. The van der Waals surface area contributed by atoms with Gasteiger partial charge in [0.05, 0.1) is 7.11 Å². The number of hydrogen-bond acceptors (Lipinski definition) is 7. The summed E-state index contributed by atoms with van der Waals surface area (Å²) in [6.45, 7) is -0.200. The van der Waals surface area contributed by atoms with Gasteiger partial charge in [-0.25, -0.2) is 4.79 Å². The first-order valence-electron chi connectivity index (χ1n) is 8.50. The Balaban J connectivity index is 1.46. The molecule has 4 aromatic rings. The van der Waals surface area contributed by atoms with E-state index in [2.05, 4.69) is 10.1 Å². The first-order valence-corrected chi connectivity index (χ1v) is 8.50. The zero-order valence-corrected chi connectivity index (χ0v) is 15.0. The highest BCUT2D eigenvalue weighted by atomic mass is 16.6. The molecule has 0 aliphatic rings. The Hall–Kier alpha value is -3.87. The fraction of sp³-hybridized carbons (Fsp3) is 0.0952. The number of carbonyl (C=O) groups is 1. The largest absolute Gasteiger partial charge is 0.507 e. The van der Waals surface area contributed by atoms with Crippen LogP contribution in [0.4, 0.5) is 0 Å². The summed E-state index contributed by atoms with van der Waals surface area (Å²) in [4.78, 5) is 16.6. The highest BCUT2D eigenvalue weighted by molar-refractivity contribution is 5.98. The molecule has 140 valence electrons. The smallest absolute Gasteiger partial charge is 0.342 e. The monoisotopic (exact) mass is 376 g/mol. The number of phenols is 1. The van der Waals surface area contributed by atoms with Crippen LogP contribution in [0.2, 0.25) is 0 Å². The molecule has 7 heteroatoms. The lowest BCUT2D eigenvalue weighted by molar-refractivity contribution is 0.0427. The van der Waals surface area contributed by atoms with E-state index in [1.165, 1.54) is 6.07 Å². The Bertz CT molecular complexity index is 1140. The van der Waals surface area contributed by atoms with E-state index in [0.717, 1.165) is 22.1 Å². The zero-order chi connectivity index (χ0) is 19.5. The molecule has 0 fully saturated rings. The van der Waals surface area contributed by atoms with E-state index in [4.69, 9.17) is 14.0 Å². The third-order valence-corrected chi connectivity index (χ3v) is 4.23. The minimum absolute atomic E-state index is 0.0774. The number of ether oxygens (including phenoxy) is 2. The first-order chi connectivity index (χ1) is 13.6. The van der Waals surface area contributed by atoms with Crippen molar-refractivity contribution in [1.82, 2.24) is 10.1 Å². The fourth-order valence-electron chi connectivity index (χ4n) is 2.77. The van der Waals surface area contributed by atoms with Crippen LogP contribution in [0.5, 0.6) is 11.5 Å². The quantitative estimate of drug-likeness (QED) is 0.527. The maximum Gasteiger partial charge on any atom is 0.342 e. The van der Waals surface area contributed by atoms with Gasteiger partial charge in [0.25, 0.3) is 5.89 Å². The summed E-state index contributed by atoms with van der Waals surface area (Å²) in [5, 5.41) is 15.6. The van der Waals surface area contributed by atoms with Gasteiger partial charge in [-0.3, -0.25) is 0 Å². The highest BCUT2D eigenvalue weighted by Crippen LogP contribution is 2.26. The van der Waals surface area contributed by atoms with Gasteiger partial charge in [0.15, 0.2) is 6.61 Å². The molecule has 0 atom stereocenters. The summed E-state index contributed by atoms with van der Waals surface area (Å²) in [6.07, 6.45) is 0. The van der Waals surface area contributed by atoms with Crippen molar-refractivity contribution < 1.29 is 23.9 Å². The van der Waals surface area contributed by atoms with Crippen LogP contribution >= 0.6 is 0 Å². The third-order valence-electron chi connectivity index (χ3n) is 4.23. The van der Waals surface area contributed by atoms with Crippen molar-refractivity contribution in [2.45, 2.75) is 6.61 Å². The zero-order valence-electron chi connectivity index (χ0n) is 15.0. The Morgan fingerprint density at radius 3 is 2.50 bits per heavy atom. The molecule has 0 saturated heterocycles. The lowest BCUT2D eigenvalue weighted by atomic mass is 10.1. The van der Waals surface area contributed by atoms with Crippen LogP contribution in [0.1, 0.15) is 16.2 Å². The normalized spacial score (nSPS) is 10.8. The van der Waals surface area contributed by atoms with Gasteiger partial charge in [-0.15, -0.1) is 0 Å². The average molecular weight is 376 g/mol. The van der Waals surface area contributed by atoms with Crippen molar-refractivity contribution in [3.8, 4) is 22.9 Å². The SMILES string of the molecule is COc1ccc(-c2noc(COC(=O)c3cc4ccccc4cc3O)n2)cc1. The summed E-state index contributed by atoms with van der Waals surface area (Å²) in [5.74, 6) is 0.430. The van der Waals surface area contributed by atoms with Crippen LogP contribution in [-0.4, -0.2) is 28.3 Å². The van der Waals surface area contributed by atoms with E-state index >= 15 is 0 Å². The van der Waals surface area contributed by atoms with Crippen molar-refractivity contribution in [1.29, 1.82) is 0 Å². The van der Waals surface area contributed by atoms with Crippen LogP contribution in [0.3, 0.4) is 0 Å². The Labute approximate surface area is 160 Å². The molecular weight excluding hydrogens is 360 g/mol. The number of nitrogens with zero attached hydrogens (tertiary/aromatic N) is 2. The number of fused-ring (bicyclic) bond motifs is 1. The van der Waals surface area contributed by atoms with E-state index in [1.807, 2.05) is 24.3 Å². The summed E-state index contributed by atoms with van der Waals surface area (Å²) in [7, 11) is 1.59. The lowest BCUT2D eigenvalue weighted by Crippen LogP contribution is -2.06. The molecule has 0 aliphatic carbocycles. The van der Waals surface area contributed by atoms with Crippen LogP contribution in [-0.2, 0) is 11.3 Å². The Kier molecular flexibility index (Phi) is 4.63. The third kappa shape index (κ3) is 3.50. The van der Waals surface area contributed by atoms with Crippen molar-refractivity contribution >= 4 is 16.7 Å². The van der Waals surface area contributed by atoms with Gasteiger partial charge < -0.3 is 19.1 Å². The number of methoxy groups -OCH3 is 1. The maximum atomic E-state index is 12.3. The number of hydrogen-bond donors (Lipinski definition) is 1. The molecule has 1 N–H and O–H groups in total. The van der Waals surface area contributed by atoms with Crippen molar-refractivity contribution in [3.63, 3.8) is 0 Å². The van der Waals surface area contributed by atoms with E-state index in [1.54, 1.807) is 37.4 Å². The van der Waals surface area contributed by atoms with Gasteiger partial charge in [-0.05, 0) is 47.2 Å². The molecule has 0 amide bonds. The van der Waals surface area contributed by atoms with Gasteiger partial charge in [-0.1, -0.05) is 29.4 Å². The summed E-state index contributed by atoms with van der Waals surface area (Å²) < 4.78 is 15.5. The second-order valence-electron chi connectivity index (χ2n) is 6.03. The first kappa shape index (κ1) is 17.5. The van der Waals surface area contributed by atoms with Gasteiger partial charge in [-0.2, -0.15) is 4.98 Å². The van der Waals surface area contributed by atoms with E-state index in [-0.39, 0.29) is 23.8 Å². The molecule has 4 rings (SSSR count). The number of aromatic nitrogens is 2. The van der Waals surface area contributed by atoms with Crippen LogP contribution in [0.25, 0.3) is 22.2 Å². The summed E-state index contributed by atoms with van der Waals surface area (Å²) in [5.41, 5.74) is 0.822. The molecule has 0 saturated carbocycles. The maximum absolute atomic E-state index is 12.3. The molecule has 0 bridgehead atoms. The van der Waals surface area contributed by atoms with Gasteiger partial charge in [0.2, 0.25) is 5.82 Å². The molecule has 7 nitrogen and oxygen atoms in total. The van der Waals surface area contributed by atoms with Gasteiger partial charge in [0, 0.05) is 5.56 Å². The number of benzene rings is 3. The van der Waals surface area contributed by atoms with Crippen molar-refractivity contribution in [2.24, 2.45) is 0 Å². The number of aromatic hydroxyl groups is 1. The number of rotatable bonds is 5. The summed E-state index contributed by atoms with van der Waals surface area (Å²) in [6, 6.07) is 17.7. The predicted molar refractivity (Wildman–Crippen MR) is 101 cm³/mol. The second kappa shape index (κ2) is 7.40. The molecule has 0 spiro atoms.